The molecule has 0 aromatic rings. The van der Waals surface area contributed by atoms with Gasteiger partial charge in [-0.15, -0.1) is 0 Å². The Kier molecular flexibility index (Phi) is 11.9. The molecule has 0 radical (unpaired) electrons. The van der Waals surface area contributed by atoms with Gasteiger partial charge in [0.05, 0.1) is 6.61 Å². The molecule has 0 saturated carbocycles. The molecule has 0 aliphatic rings. The summed E-state index contributed by atoms with van der Waals surface area (Å²) in [6.45, 7) is 6.99. The molecule has 1 unspecified atom stereocenters. The van der Waals surface area contributed by atoms with Gasteiger partial charge in [-0.25, -0.2) is 0 Å². The van der Waals surface area contributed by atoms with Crippen LogP contribution in [-0.4, -0.2) is 19.8 Å². The van der Waals surface area contributed by atoms with Gasteiger partial charge in [-0.2, -0.15) is 0 Å². The van der Waals surface area contributed by atoms with Gasteiger partial charge >= 0.3 is 0 Å². The minimum absolute atomic E-state index is 0.575. The zero-order valence-electron chi connectivity index (χ0n) is 10.6. The summed E-state index contributed by atoms with van der Waals surface area (Å²) in [6, 6.07) is 0. The molecule has 15 heavy (non-hydrogen) atoms. The third-order valence-corrected chi connectivity index (χ3v) is 2.78. The maximum atomic E-state index is 5.66. The Morgan fingerprint density at radius 3 is 2.33 bits per heavy atom. The van der Waals surface area contributed by atoms with Gasteiger partial charge in [0.2, 0.25) is 0 Å². The first-order chi connectivity index (χ1) is 7.35. The lowest BCUT2D eigenvalue weighted by Gasteiger charge is -2.13. The van der Waals surface area contributed by atoms with Crippen LogP contribution >= 0.6 is 0 Å². The van der Waals surface area contributed by atoms with Crippen LogP contribution < -0.4 is 5.73 Å². The molecule has 0 aromatic heterocycles. The van der Waals surface area contributed by atoms with Crippen molar-refractivity contribution in [1.29, 1.82) is 0 Å². The third-order valence-electron chi connectivity index (χ3n) is 2.78. The van der Waals surface area contributed by atoms with Gasteiger partial charge in [0.25, 0.3) is 0 Å². The number of hydrogen-bond acceptors (Lipinski definition) is 2. The van der Waals surface area contributed by atoms with Gasteiger partial charge in [0.15, 0.2) is 0 Å². The highest BCUT2D eigenvalue weighted by molar-refractivity contribution is 4.57. The van der Waals surface area contributed by atoms with Crippen molar-refractivity contribution in [2.24, 2.45) is 11.7 Å². The summed E-state index contributed by atoms with van der Waals surface area (Å²) < 4.78 is 5.64. The minimum Gasteiger partial charge on any atom is -0.381 e. The standard InChI is InChI=1S/C13H29NO/c1-3-5-6-7-8-10-15-12-13(11-14)9-4-2/h13H,3-12,14H2,1-2H3. The van der Waals surface area contributed by atoms with Crippen LogP contribution in [0.4, 0.5) is 0 Å². The highest BCUT2D eigenvalue weighted by Gasteiger charge is 2.04. The quantitative estimate of drug-likeness (QED) is 0.536. The van der Waals surface area contributed by atoms with E-state index in [0.29, 0.717) is 5.92 Å². The van der Waals surface area contributed by atoms with Crippen LogP contribution in [0.5, 0.6) is 0 Å². The summed E-state index contributed by atoms with van der Waals surface area (Å²) in [5.74, 6) is 0.575. The van der Waals surface area contributed by atoms with Gasteiger partial charge in [-0.3, -0.25) is 0 Å². The van der Waals surface area contributed by atoms with E-state index in [2.05, 4.69) is 13.8 Å². The van der Waals surface area contributed by atoms with Crippen LogP contribution in [0.25, 0.3) is 0 Å². The predicted molar refractivity (Wildman–Crippen MR) is 67.0 cm³/mol. The van der Waals surface area contributed by atoms with Gasteiger partial charge in [-0.05, 0) is 25.3 Å². The van der Waals surface area contributed by atoms with Crippen LogP contribution in [0, 0.1) is 5.92 Å². The van der Waals surface area contributed by atoms with Gasteiger partial charge in [-0.1, -0.05) is 46.0 Å². The Balaban J connectivity index is 3.14. The highest BCUT2D eigenvalue weighted by atomic mass is 16.5. The fourth-order valence-electron chi connectivity index (χ4n) is 1.74. The number of ether oxygens (including phenoxy) is 1. The first-order valence-corrected chi connectivity index (χ1v) is 6.62. The summed E-state index contributed by atoms with van der Waals surface area (Å²) in [4.78, 5) is 0. The summed E-state index contributed by atoms with van der Waals surface area (Å²) in [7, 11) is 0. The van der Waals surface area contributed by atoms with Crippen molar-refractivity contribution in [1.82, 2.24) is 0 Å². The zero-order valence-corrected chi connectivity index (χ0v) is 10.6. The van der Waals surface area contributed by atoms with Crippen LogP contribution in [0.3, 0.4) is 0 Å². The number of hydrogen-bond donors (Lipinski definition) is 1. The second-order valence-corrected chi connectivity index (χ2v) is 4.38. The van der Waals surface area contributed by atoms with E-state index < -0.39 is 0 Å². The molecule has 1 atom stereocenters. The van der Waals surface area contributed by atoms with E-state index in [1.165, 1.54) is 44.9 Å². The fraction of sp³-hybridized carbons (Fsp3) is 1.00. The molecular weight excluding hydrogens is 186 g/mol. The Morgan fingerprint density at radius 2 is 1.73 bits per heavy atom. The van der Waals surface area contributed by atoms with E-state index in [1.807, 2.05) is 0 Å². The van der Waals surface area contributed by atoms with Crippen molar-refractivity contribution in [3.63, 3.8) is 0 Å². The van der Waals surface area contributed by atoms with Crippen LogP contribution in [0.15, 0.2) is 0 Å². The lowest BCUT2D eigenvalue weighted by Crippen LogP contribution is -2.20. The van der Waals surface area contributed by atoms with Crippen LogP contribution in [-0.2, 0) is 4.74 Å². The molecule has 0 bridgehead atoms. The minimum atomic E-state index is 0.575. The van der Waals surface area contributed by atoms with Gasteiger partial charge in [0, 0.05) is 6.61 Å². The first-order valence-electron chi connectivity index (χ1n) is 6.62. The Morgan fingerprint density at radius 1 is 1.00 bits per heavy atom. The predicted octanol–water partition coefficient (Wildman–Crippen LogP) is 3.35. The summed E-state index contributed by atoms with van der Waals surface area (Å²) in [5, 5.41) is 0. The molecule has 2 N–H and O–H groups in total. The van der Waals surface area contributed by atoms with Crippen molar-refractivity contribution in [3.8, 4) is 0 Å². The number of nitrogens with two attached hydrogens (primary N) is 1. The normalized spacial score (nSPS) is 13.0. The molecule has 0 aromatic carbocycles. The van der Waals surface area contributed by atoms with E-state index in [9.17, 15) is 0 Å². The SMILES string of the molecule is CCCCCCCOCC(CN)CCC. The summed E-state index contributed by atoms with van der Waals surface area (Å²) in [5.41, 5.74) is 5.66. The van der Waals surface area contributed by atoms with Gasteiger partial charge < -0.3 is 10.5 Å². The lowest BCUT2D eigenvalue weighted by molar-refractivity contribution is 0.0952. The molecule has 0 spiro atoms. The van der Waals surface area contributed by atoms with E-state index in [-0.39, 0.29) is 0 Å². The lowest BCUT2D eigenvalue weighted by atomic mass is 10.1. The molecule has 0 heterocycles. The Bertz CT molecular complexity index is 117. The average molecular weight is 215 g/mol. The van der Waals surface area contributed by atoms with Crippen LogP contribution in [0.2, 0.25) is 0 Å². The molecule has 0 amide bonds. The largest absolute Gasteiger partial charge is 0.381 e. The van der Waals surface area contributed by atoms with Crippen LogP contribution in [0.1, 0.15) is 58.8 Å². The smallest absolute Gasteiger partial charge is 0.0506 e. The van der Waals surface area contributed by atoms with Crippen molar-refractivity contribution >= 4 is 0 Å². The highest BCUT2D eigenvalue weighted by Crippen LogP contribution is 2.06. The molecule has 2 nitrogen and oxygen atoms in total. The maximum Gasteiger partial charge on any atom is 0.0506 e. The van der Waals surface area contributed by atoms with Crippen molar-refractivity contribution in [2.75, 3.05) is 19.8 Å². The number of rotatable bonds is 11. The third kappa shape index (κ3) is 10.2. The van der Waals surface area contributed by atoms with E-state index in [1.54, 1.807) is 0 Å². The van der Waals surface area contributed by atoms with E-state index in [4.69, 9.17) is 10.5 Å². The van der Waals surface area contributed by atoms with E-state index >= 15 is 0 Å². The molecule has 0 saturated heterocycles. The molecule has 0 rings (SSSR count). The Labute approximate surface area is 95.6 Å². The molecule has 92 valence electrons. The molecule has 0 aliphatic carbocycles. The molecule has 0 aliphatic heterocycles. The van der Waals surface area contributed by atoms with Crippen molar-refractivity contribution in [3.05, 3.63) is 0 Å². The van der Waals surface area contributed by atoms with Crippen molar-refractivity contribution in [2.45, 2.75) is 58.8 Å². The monoisotopic (exact) mass is 215 g/mol. The van der Waals surface area contributed by atoms with Crippen molar-refractivity contribution < 1.29 is 4.74 Å². The maximum absolute atomic E-state index is 5.66. The van der Waals surface area contributed by atoms with Gasteiger partial charge in [0.1, 0.15) is 0 Å². The molecule has 0 fully saturated rings. The number of unbranched alkanes of at least 4 members (excludes halogenated alkanes) is 4. The summed E-state index contributed by atoms with van der Waals surface area (Å²) >= 11 is 0. The summed E-state index contributed by atoms with van der Waals surface area (Å²) in [6.07, 6.45) is 8.97. The molecule has 2 heteroatoms. The van der Waals surface area contributed by atoms with E-state index in [0.717, 1.165) is 19.8 Å². The zero-order chi connectivity index (χ0) is 11.4. The second kappa shape index (κ2) is 12.0. The second-order valence-electron chi connectivity index (χ2n) is 4.38. The topological polar surface area (TPSA) is 35.2 Å². The average Bonchev–Trinajstić information content (AvgIpc) is 2.26. The Hall–Kier alpha value is -0.0800. The first kappa shape index (κ1) is 14.9. The fourth-order valence-corrected chi connectivity index (χ4v) is 1.74. The molecular formula is C13H29NO.